The first kappa shape index (κ1) is 12.6. The number of H-pyrrole nitrogens is 1. The predicted octanol–water partition coefficient (Wildman–Crippen LogP) is 2.40. The van der Waals surface area contributed by atoms with Crippen LogP contribution in [0.1, 0.15) is 40.6 Å². The molecule has 112 valence electrons. The van der Waals surface area contributed by atoms with E-state index in [1.807, 2.05) is 10.8 Å². The van der Waals surface area contributed by atoms with Gasteiger partial charge in [-0.2, -0.15) is 5.10 Å². The third kappa shape index (κ3) is 1.67. The van der Waals surface area contributed by atoms with Crippen molar-refractivity contribution < 1.29 is 0 Å². The van der Waals surface area contributed by atoms with E-state index in [2.05, 4.69) is 15.2 Å². The predicted molar refractivity (Wildman–Crippen MR) is 85.6 cm³/mol. The number of thiophene rings is 1. The van der Waals surface area contributed by atoms with Crippen molar-refractivity contribution in [3.63, 3.8) is 0 Å². The van der Waals surface area contributed by atoms with Crippen molar-refractivity contribution in [1.82, 2.24) is 19.7 Å². The molecule has 3 aromatic rings. The second-order valence-electron chi connectivity index (χ2n) is 6.26. The normalized spacial score (nSPS) is 20.3. The van der Waals surface area contributed by atoms with Gasteiger partial charge in [0.25, 0.3) is 5.56 Å². The number of nitrogens with one attached hydrogen (secondary N) is 1. The van der Waals surface area contributed by atoms with Gasteiger partial charge in [-0.3, -0.25) is 14.5 Å². The maximum absolute atomic E-state index is 13.0. The van der Waals surface area contributed by atoms with E-state index in [1.54, 1.807) is 17.7 Å². The number of hydrogen-bond donors (Lipinski definition) is 1. The van der Waals surface area contributed by atoms with Crippen molar-refractivity contribution in [3.05, 3.63) is 44.6 Å². The second kappa shape index (κ2) is 4.52. The summed E-state index contributed by atoms with van der Waals surface area (Å²) in [5.41, 5.74) is 3.87. The van der Waals surface area contributed by atoms with Gasteiger partial charge >= 0.3 is 0 Å². The van der Waals surface area contributed by atoms with Crippen LogP contribution < -0.4 is 5.56 Å². The molecule has 3 aromatic heterocycles. The smallest absolute Gasteiger partial charge is 0.262 e. The van der Waals surface area contributed by atoms with E-state index in [1.165, 1.54) is 28.1 Å². The molecule has 0 radical (unpaired) electrons. The molecule has 0 unspecified atom stereocenters. The summed E-state index contributed by atoms with van der Waals surface area (Å²) >= 11 is 1.71. The van der Waals surface area contributed by atoms with Crippen molar-refractivity contribution in [3.8, 4) is 0 Å². The number of rotatable bonds is 1. The van der Waals surface area contributed by atoms with Gasteiger partial charge in [0.05, 0.1) is 17.9 Å². The Bertz CT molecular complexity index is 935. The van der Waals surface area contributed by atoms with Crippen molar-refractivity contribution in [2.75, 3.05) is 0 Å². The van der Waals surface area contributed by atoms with Crippen molar-refractivity contribution in [2.24, 2.45) is 0 Å². The molecule has 2 aliphatic carbocycles. The molecule has 1 N–H and O–H groups in total. The highest BCUT2D eigenvalue weighted by atomic mass is 32.1. The summed E-state index contributed by atoms with van der Waals surface area (Å²) < 4.78 is 1.86. The first-order valence-corrected chi connectivity index (χ1v) is 8.65. The standard InChI is InChI=1S/C16H16N4OS/c21-16-14-11-2-1-3-13(11)22-15(14)17-8-20(16)10-5-4-9-7-18-19-12(9)6-10/h7-8,10H,1-6H2,(H,18,19)/t10-/m1/s1. The van der Waals surface area contributed by atoms with Crippen LogP contribution in [0.3, 0.4) is 0 Å². The number of aromatic amines is 1. The van der Waals surface area contributed by atoms with Gasteiger partial charge in [0, 0.05) is 23.0 Å². The summed E-state index contributed by atoms with van der Waals surface area (Å²) in [6, 6.07) is 0.189. The fraction of sp³-hybridized carbons (Fsp3) is 0.438. The van der Waals surface area contributed by atoms with Gasteiger partial charge in [-0.1, -0.05) is 0 Å². The largest absolute Gasteiger partial charge is 0.295 e. The monoisotopic (exact) mass is 312 g/mol. The lowest BCUT2D eigenvalue weighted by Gasteiger charge is -2.23. The van der Waals surface area contributed by atoms with Crippen LogP contribution in [0.5, 0.6) is 0 Å². The number of aromatic nitrogens is 4. The Morgan fingerprint density at radius 2 is 2.27 bits per heavy atom. The van der Waals surface area contributed by atoms with Crippen molar-refractivity contribution in [1.29, 1.82) is 0 Å². The Morgan fingerprint density at radius 1 is 1.32 bits per heavy atom. The summed E-state index contributed by atoms with van der Waals surface area (Å²) in [6.45, 7) is 0. The van der Waals surface area contributed by atoms with E-state index in [0.29, 0.717) is 0 Å². The lowest BCUT2D eigenvalue weighted by atomic mass is 9.93. The lowest BCUT2D eigenvalue weighted by Crippen LogP contribution is -2.29. The average Bonchev–Trinajstić information content (AvgIpc) is 3.21. The Hall–Kier alpha value is -1.95. The highest BCUT2D eigenvalue weighted by Gasteiger charge is 2.26. The van der Waals surface area contributed by atoms with Crippen LogP contribution in [0.25, 0.3) is 10.2 Å². The zero-order valence-corrected chi connectivity index (χ0v) is 12.9. The van der Waals surface area contributed by atoms with Crippen LogP contribution in [-0.2, 0) is 25.7 Å². The zero-order valence-electron chi connectivity index (χ0n) is 12.1. The molecular weight excluding hydrogens is 296 g/mol. The topological polar surface area (TPSA) is 63.6 Å². The average molecular weight is 312 g/mol. The Morgan fingerprint density at radius 3 is 3.23 bits per heavy atom. The van der Waals surface area contributed by atoms with Crippen LogP contribution in [0, 0.1) is 0 Å². The van der Waals surface area contributed by atoms with E-state index in [-0.39, 0.29) is 11.6 Å². The summed E-state index contributed by atoms with van der Waals surface area (Å²) in [7, 11) is 0. The van der Waals surface area contributed by atoms with Gasteiger partial charge in [-0.15, -0.1) is 11.3 Å². The number of nitrogens with zero attached hydrogens (tertiary/aromatic N) is 3. The summed E-state index contributed by atoms with van der Waals surface area (Å²) in [6.07, 6.45) is 9.77. The van der Waals surface area contributed by atoms with Crippen LogP contribution in [0.2, 0.25) is 0 Å². The Balaban J connectivity index is 1.64. The molecule has 0 amide bonds. The van der Waals surface area contributed by atoms with E-state index < -0.39 is 0 Å². The molecule has 22 heavy (non-hydrogen) atoms. The lowest BCUT2D eigenvalue weighted by molar-refractivity contribution is 0.425. The zero-order chi connectivity index (χ0) is 14.7. The number of aryl methyl sites for hydroxylation is 3. The maximum atomic E-state index is 13.0. The minimum atomic E-state index is 0.150. The molecule has 0 aromatic carbocycles. The molecule has 1 atom stereocenters. The molecule has 0 aliphatic heterocycles. The number of fused-ring (bicyclic) bond motifs is 4. The van der Waals surface area contributed by atoms with Gasteiger partial charge in [0.1, 0.15) is 4.83 Å². The van der Waals surface area contributed by atoms with E-state index >= 15 is 0 Å². The first-order chi connectivity index (χ1) is 10.8. The third-order valence-corrected chi connectivity index (χ3v) is 6.24. The minimum Gasteiger partial charge on any atom is -0.295 e. The van der Waals surface area contributed by atoms with Gasteiger partial charge in [0.15, 0.2) is 0 Å². The maximum Gasteiger partial charge on any atom is 0.262 e. The van der Waals surface area contributed by atoms with Crippen LogP contribution >= 0.6 is 11.3 Å². The molecule has 3 heterocycles. The minimum absolute atomic E-state index is 0.150. The molecule has 0 saturated heterocycles. The molecule has 5 nitrogen and oxygen atoms in total. The first-order valence-electron chi connectivity index (χ1n) is 7.84. The highest BCUT2D eigenvalue weighted by molar-refractivity contribution is 7.18. The molecule has 6 heteroatoms. The molecule has 5 rings (SSSR count). The van der Waals surface area contributed by atoms with Crippen LogP contribution in [0.15, 0.2) is 17.3 Å². The summed E-state index contributed by atoms with van der Waals surface area (Å²) in [5.74, 6) is 0. The fourth-order valence-corrected chi connectivity index (χ4v) is 5.10. The number of hydrogen-bond acceptors (Lipinski definition) is 4. The van der Waals surface area contributed by atoms with Gasteiger partial charge in [0.2, 0.25) is 0 Å². The van der Waals surface area contributed by atoms with Gasteiger partial charge < -0.3 is 0 Å². The summed E-state index contributed by atoms with van der Waals surface area (Å²) in [4.78, 5) is 19.9. The van der Waals surface area contributed by atoms with E-state index in [0.717, 1.165) is 42.3 Å². The quantitative estimate of drug-likeness (QED) is 0.750. The highest BCUT2D eigenvalue weighted by Crippen LogP contribution is 2.35. The SMILES string of the molecule is O=c1c2c3c(sc2ncn1[C@@H]1CCc2cn[nH]c2C1)CCC3. The van der Waals surface area contributed by atoms with Crippen LogP contribution in [0.4, 0.5) is 0 Å². The second-order valence-corrected chi connectivity index (χ2v) is 7.35. The van der Waals surface area contributed by atoms with E-state index in [9.17, 15) is 4.79 Å². The van der Waals surface area contributed by atoms with Gasteiger partial charge in [-0.25, -0.2) is 4.98 Å². The Labute approximate surface area is 131 Å². The van der Waals surface area contributed by atoms with Crippen LogP contribution in [-0.4, -0.2) is 19.7 Å². The van der Waals surface area contributed by atoms with Gasteiger partial charge in [-0.05, 0) is 43.2 Å². The van der Waals surface area contributed by atoms with E-state index in [4.69, 9.17) is 0 Å². The molecule has 0 fully saturated rings. The van der Waals surface area contributed by atoms with Crippen molar-refractivity contribution >= 4 is 21.6 Å². The molecule has 0 saturated carbocycles. The third-order valence-electron chi connectivity index (χ3n) is 5.04. The van der Waals surface area contributed by atoms with Crippen molar-refractivity contribution in [2.45, 2.75) is 44.6 Å². The molecule has 0 spiro atoms. The summed E-state index contributed by atoms with van der Waals surface area (Å²) in [5, 5.41) is 8.07. The molecular formula is C16H16N4OS. The molecule has 2 aliphatic rings. The molecule has 0 bridgehead atoms. The Kier molecular flexibility index (Phi) is 2.59. The fourth-order valence-electron chi connectivity index (χ4n) is 3.88.